The molecule has 1 unspecified atom stereocenters. The summed E-state index contributed by atoms with van der Waals surface area (Å²) in [5.74, 6) is 1.42. The molecule has 7 heteroatoms. The lowest BCUT2D eigenvalue weighted by Crippen LogP contribution is -2.24. The molecule has 6 nitrogen and oxygen atoms in total. The maximum Gasteiger partial charge on any atom is 0.293 e. The molecule has 0 N–H and O–H groups in total. The quantitative estimate of drug-likeness (QED) is 0.662. The van der Waals surface area contributed by atoms with Crippen molar-refractivity contribution in [2.45, 2.75) is 25.8 Å². The molecule has 4 rings (SSSR count). The van der Waals surface area contributed by atoms with Gasteiger partial charge in [0.15, 0.2) is 16.3 Å². The van der Waals surface area contributed by atoms with Crippen LogP contribution in [0.2, 0.25) is 0 Å². The van der Waals surface area contributed by atoms with E-state index in [1.54, 1.807) is 12.1 Å². The molecule has 25 heavy (non-hydrogen) atoms. The highest BCUT2D eigenvalue weighted by Crippen LogP contribution is 2.30. The molecule has 1 saturated heterocycles. The van der Waals surface area contributed by atoms with Crippen LogP contribution in [0, 0.1) is 6.92 Å². The first-order chi connectivity index (χ1) is 12.1. The molecule has 0 bridgehead atoms. The van der Waals surface area contributed by atoms with E-state index in [2.05, 4.69) is 32.1 Å². The van der Waals surface area contributed by atoms with Crippen LogP contribution >= 0.6 is 15.9 Å². The van der Waals surface area contributed by atoms with Crippen molar-refractivity contribution in [2.24, 2.45) is 0 Å². The van der Waals surface area contributed by atoms with Gasteiger partial charge in [-0.3, -0.25) is 4.79 Å². The van der Waals surface area contributed by atoms with Gasteiger partial charge >= 0.3 is 0 Å². The second-order valence-corrected chi connectivity index (χ2v) is 7.01. The van der Waals surface area contributed by atoms with E-state index in [0.29, 0.717) is 41.7 Å². The van der Waals surface area contributed by atoms with Crippen LogP contribution in [0.3, 0.4) is 0 Å². The maximum atomic E-state index is 12.3. The Balaban J connectivity index is 1.48. The molecule has 1 aromatic carbocycles. The predicted octanol–water partition coefficient (Wildman–Crippen LogP) is 3.92. The van der Waals surface area contributed by atoms with Gasteiger partial charge in [-0.05, 0) is 40.5 Å². The third kappa shape index (κ3) is 3.37. The smallest absolute Gasteiger partial charge is 0.293 e. The lowest BCUT2D eigenvalue weighted by atomic mass is 10.1. The minimum Gasteiger partial charge on any atom is -0.444 e. The first kappa shape index (κ1) is 16.1. The zero-order valence-corrected chi connectivity index (χ0v) is 15.2. The van der Waals surface area contributed by atoms with Crippen molar-refractivity contribution in [1.29, 1.82) is 0 Å². The van der Waals surface area contributed by atoms with Gasteiger partial charge in [-0.2, -0.15) is 4.98 Å². The number of carbonyl (C=O) groups excluding carboxylic acids is 1. The van der Waals surface area contributed by atoms with E-state index >= 15 is 0 Å². The molecule has 0 saturated carbocycles. The first-order valence-corrected chi connectivity index (χ1v) is 8.80. The number of amides is 1. The van der Waals surface area contributed by atoms with Crippen LogP contribution < -0.4 is 0 Å². The summed E-state index contributed by atoms with van der Waals surface area (Å²) in [4.78, 5) is 18.6. The molecule has 3 heterocycles. The van der Waals surface area contributed by atoms with E-state index in [-0.39, 0.29) is 11.8 Å². The van der Waals surface area contributed by atoms with Gasteiger partial charge in [0.1, 0.15) is 0 Å². The van der Waals surface area contributed by atoms with Crippen LogP contribution in [0.5, 0.6) is 0 Å². The highest BCUT2D eigenvalue weighted by Gasteiger charge is 2.34. The summed E-state index contributed by atoms with van der Waals surface area (Å²) >= 11 is 3.25. The fraction of sp³-hybridized carbons (Fsp3) is 0.278. The second kappa shape index (κ2) is 6.48. The van der Waals surface area contributed by atoms with Gasteiger partial charge in [-0.15, -0.1) is 0 Å². The van der Waals surface area contributed by atoms with Gasteiger partial charge in [-0.25, -0.2) is 0 Å². The molecule has 0 aliphatic carbocycles. The van der Waals surface area contributed by atoms with Crippen LogP contribution in [0.15, 0.2) is 50.0 Å². The number of aryl methyl sites for hydroxylation is 1. The average molecular weight is 402 g/mol. The Labute approximate surface area is 152 Å². The van der Waals surface area contributed by atoms with E-state index in [1.165, 1.54) is 5.56 Å². The molecule has 128 valence electrons. The Morgan fingerprint density at radius 1 is 1.32 bits per heavy atom. The van der Waals surface area contributed by atoms with Crippen molar-refractivity contribution in [3.63, 3.8) is 0 Å². The van der Waals surface area contributed by atoms with Gasteiger partial charge in [0.25, 0.3) is 5.89 Å². The monoisotopic (exact) mass is 401 g/mol. The largest absolute Gasteiger partial charge is 0.444 e. The lowest BCUT2D eigenvalue weighted by molar-refractivity contribution is -0.128. The summed E-state index contributed by atoms with van der Waals surface area (Å²) in [6.45, 7) is 3.24. The third-order valence-corrected chi connectivity index (χ3v) is 4.69. The summed E-state index contributed by atoms with van der Waals surface area (Å²) in [5.41, 5.74) is 2.32. The molecule has 1 atom stereocenters. The van der Waals surface area contributed by atoms with Crippen LogP contribution in [0.4, 0.5) is 0 Å². The molecule has 0 spiro atoms. The highest BCUT2D eigenvalue weighted by molar-refractivity contribution is 9.10. The van der Waals surface area contributed by atoms with Crippen LogP contribution in [-0.4, -0.2) is 27.5 Å². The number of benzene rings is 1. The lowest BCUT2D eigenvalue weighted by Gasteiger charge is -2.16. The van der Waals surface area contributed by atoms with Crippen molar-refractivity contribution in [3.05, 3.63) is 58.0 Å². The maximum absolute atomic E-state index is 12.3. The molecular weight excluding hydrogens is 386 g/mol. The van der Waals surface area contributed by atoms with Crippen LogP contribution in [0.1, 0.15) is 29.3 Å². The van der Waals surface area contributed by atoms with Gasteiger partial charge in [0.2, 0.25) is 5.91 Å². The third-order valence-electron chi connectivity index (χ3n) is 4.26. The van der Waals surface area contributed by atoms with Gasteiger partial charge in [-0.1, -0.05) is 35.0 Å². The zero-order valence-electron chi connectivity index (χ0n) is 13.6. The molecule has 3 aromatic rings. The number of hydrogen-bond donors (Lipinski definition) is 0. The van der Waals surface area contributed by atoms with E-state index in [1.807, 2.05) is 30.0 Å². The Morgan fingerprint density at radius 2 is 2.20 bits per heavy atom. The first-order valence-electron chi connectivity index (χ1n) is 8.01. The number of rotatable bonds is 4. The summed E-state index contributed by atoms with van der Waals surface area (Å²) in [6, 6.07) is 11.7. The minimum absolute atomic E-state index is 0.0618. The number of hydrogen-bond acceptors (Lipinski definition) is 5. The molecule has 2 aromatic heterocycles. The van der Waals surface area contributed by atoms with E-state index in [0.717, 1.165) is 5.56 Å². The number of aromatic nitrogens is 2. The van der Waals surface area contributed by atoms with Crippen molar-refractivity contribution >= 4 is 21.8 Å². The van der Waals surface area contributed by atoms with Gasteiger partial charge in [0, 0.05) is 25.4 Å². The SMILES string of the molecule is Cc1cccc(CN2CC(c3noc(-c4ccc(Br)o4)n3)CC2=O)c1. The summed E-state index contributed by atoms with van der Waals surface area (Å²) in [7, 11) is 0. The van der Waals surface area contributed by atoms with Gasteiger partial charge < -0.3 is 13.8 Å². The van der Waals surface area contributed by atoms with Gasteiger partial charge in [0.05, 0.1) is 0 Å². The summed E-state index contributed by atoms with van der Waals surface area (Å²) in [6.07, 6.45) is 0.395. The van der Waals surface area contributed by atoms with E-state index in [4.69, 9.17) is 8.94 Å². The van der Waals surface area contributed by atoms with Crippen molar-refractivity contribution in [3.8, 4) is 11.7 Å². The molecule has 1 amide bonds. The Bertz CT molecular complexity index is 918. The van der Waals surface area contributed by atoms with Crippen molar-refractivity contribution in [1.82, 2.24) is 15.0 Å². The Hall–Kier alpha value is -2.41. The molecule has 0 radical (unpaired) electrons. The molecule has 1 fully saturated rings. The fourth-order valence-electron chi connectivity index (χ4n) is 3.06. The van der Waals surface area contributed by atoms with Crippen LogP contribution in [-0.2, 0) is 11.3 Å². The number of likely N-dealkylation sites (tertiary alicyclic amines) is 1. The summed E-state index contributed by atoms with van der Waals surface area (Å²) in [5, 5.41) is 4.03. The number of nitrogens with zero attached hydrogens (tertiary/aromatic N) is 3. The molecular formula is C18H16BrN3O3. The normalized spacial score (nSPS) is 17.4. The topological polar surface area (TPSA) is 72.4 Å². The Kier molecular flexibility index (Phi) is 4.17. The molecule has 1 aliphatic rings. The predicted molar refractivity (Wildman–Crippen MR) is 93.7 cm³/mol. The number of carbonyl (C=O) groups is 1. The number of furan rings is 1. The van der Waals surface area contributed by atoms with Crippen LogP contribution in [0.25, 0.3) is 11.7 Å². The second-order valence-electron chi connectivity index (χ2n) is 6.23. The standard InChI is InChI=1S/C18H16BrN3O3/c1-11-3-2-4-12(7-11)9-22-10-13(8-16(22)23)17-20-18(25-21-17)14-5-6-15(19)24-14/h2-7,13H,8-10H2,1H3. The fourth-order valence-corrected chi connectivity index (χ4v) is 3.37. The van der Waals surface area contributed by atoms with E-state index in [9.17, 15) is 4.79 Å². The van der Waals surface area contributed by atoms with E-state index < -0.39 is 0 Å². The zero-order chi connectivity index (χ0) is 17.4. The minimum atomic E-state index is -0.0618. The average Bonchev–Trinajstić information content (AvgIpc) is 3.28. The Morgan fingerprint density at radius 3 is 2.96 bits per heavy atom. The van der Waals surface area contributed by atoms with Crippen molar-refractivity contribution < 1.29 is 13.7 Å². The molecule has 1 aliphatic heterocycles. The summed E-state index contributed by atoms with van der Waals surface area (Å²) < 4.78 is 11.3. The highest BCUT2D eigenvalue weighted by atomic mass is 79.9. The number of halogens is 1. The van der Waals surface area contributed by atoms with Crippen molar-refractivity contribution in [2.75, 3.05) is 6.54 Å².